The van der Waals surface area contributed by atoms with Gasteiger partial charge in [-0.15, -0.1) is 0 Å². The van der Waals surface area contributed by atoms with Gasteiger partial charge in [-0.2, -0.15) is 0 Å². The fourth-order valence-electron chi connectivity index (χ4n) is 2.52. The normalized spacial score (nSPS) is 20.4. The lowest BCUT2D eigenvalue weighted by Crippen LogP contribution is -2.21. The number of ether oxygens (including phenoxy) is 1. The van der Waals surface area contributed by atoms with Crippen LogP contribution in [0.4, 0.5) is 0 Å². The minimum Gasteiger partial charge on any atom is -0.378 e. The summed E-state index contributed by atoms with van der Waals surface area (Å²) in [4.78, 5) is 7.98. The van der Waals surface area contributed by atoms with Crippen molar-refractivity contribution in [3.05, 3.63) is 29.6 Å². The van der Waals surface area contributed by atoms with E-state index in [1.54, 1.807) is 0 Å². The van der Waals surface area contributed by atoms with Crippen molar-refractivity contribution >= 4 is 11.0 Å². The van der Waals surface area contributed by atoms with Crippen LogP contribution in [0, 0.1) is 0 Å². The van der Waals surface area contributed by atoms with Crippen LogP contribution in [-0.2, 0) is 17.7 Å². The summed E-state index contributed by atoms with van der Waals surface area (Å²) in [7, 11) is 0. The van der Waals surface area contributed by atoms with Gasteiger partial charge in [0.15, 0.2) is 0 Å². The number of nitrogens with one attached hydrogen (secondary N) is 1. The molecule has 3 N–H and O–H groups in total. The highest BCUT2D eigenvalue weighted by atomic mass is 16.5. The molecule has 1 aliphatic heterocycles. The molecule has 96 valence electrons. The van der Waals surface area contributed by atoms with Gasteiger partial charge in [0.1, 0.15) is 5.82 Å². The van der Waals surface area contributed by atoms with Gasteiger partial charge in [-0.25, -0.2) is 4.98 Å². The van der Waals surface area contributed by atoms with E-state index in [0.29, 0.717) is 12.6 Å². The van der Waals surface area contributed by atoms with Crippen molar-refractivity contribution in [2.24, 2.45) is 5.73 Å². The maximum Gasteiger partial charge on any atom is 0.109 e. The first-order chi connectivity index (χ1) is 8.85. The SMILES string of the molecule is NCc1ccc2nc(CC3CCCCO3)[nH]c2c1. The molecular formula is C14H19N3O. The summed E-state index contributed by atoms with van der Waals surface area (Å²) in [5.41, 5.74) is 8.86. The Morgan fingerprint density at radius 3 is 3.11 bits per heavy atom. The third-order valence-electron chi connectivity index (χ3n) is 3.53. The van der Waals surface area contributed by atoms with Crippen molar-refractivity contribution in [3.63, 3.8) is 0 Å². The van der Waals surface area contributed by atoms with Crippen LogP contribution >= 0.6 is 0 Å². The maximum atomic E-state index is 5.74. The van der Waals surface area contributed by atoms with Crippen LogP contribution in [0.15, 0.2) is 18.2 Å². The summed E-state index contributed by atoms with van der Waals surface area (Å²) >= 11 is 0. The molecule has 0 amide bonds. The number of benzene rings is 1. The third-order valence-corrected chi connectivity index (χ3v) is 3.53. The van der Waals surface area contributed by atoms with E-state index in [4.69, 9.17) is 10.5 Å². The van der Waals surface area contributed by atoms with Crippen LogP contribution < -0.4 is 5.73 Å². The average Bonchev–Trinajstić information content (AvgIpc) is 2.80. The van der Waals surface area contributed by atoms with E-state index in [1.807, 2.05) is 12.1 Å². The predicted octanol–water partition coefficient (Wildman–Crippen LogP) is 2.13. The van der Waals surface area contributed by atoms with Crippen molar-refractivity contribution in [2.45, 2.75) is 38.3 Å². The van der Waals surface area contributed by atoms with Crippen LogP contribution in [-0.4, -0.2) is 22.7 Å². The molecule has 1 aromatic heterocycles. The standard InChI is InChI=1S/C14H19N3O/c15-9-10-4-5-12-13(7-10)17-14(16-12)8-11-3-1-2-6-18-11/h4-5,7,11H,1-3,6,8-9,15H2,(H,16,17). The van der Waals surface area contributed by atoms with Crippen molar-refractivity contribution in [1.82, 2.24) is 9.97 Å². The van der Waals surface area contributed by atoms with E-state index < -0.39 is 0 Å². The predicted molar refractivity (Wildman–Crippen MR) is 71.3 cm³/mol. The number of aromatic nitrogens is 2. The fraction of sp³-hybridized carbons (Fsp3) is 0.500. The van der Waals surface area contributed by atoms with Crippen LogP contribution in [0.1, 0.15) is 30.7 Å². The molecule has 4 heteroatoms. The smallest absolute Gasteiger partial charge is 0.109 e. The van der Waals surface area contributed by atoms with E-state index in [9.17, 15) is 0 Å². The summed E-state index contributed by atoms with van der Waals surface area (Å²) in [6.45, 7) is 1.46. The maximum absolute atomic E-state index is 5.74. The number of imidazole rings is 1. The Morgan fingerprint density at radius 1 is 1.39 bits per heavy atom. The molecule has 0 aliphatic carbocycles. The average molecular weight is 245 g/mol. The second-order valence-corrected chi connectivity index (χ2v) is 4.93. The van der Waals surface area contributed by atoms with Crippen molar-refractivity contribution < 1.29 is 4.74 Å². The number of H-pyrrole nitrogens is 1. The zero-order valence-corrected chi connectivity index (χ0v) is 10.5. The molecule has 1 aliphatic rings. The number of fused-ring (bicyclic) bond motifs is 1. The van der Waals surface area contributed by atoms with Gasteiger partial charge < -0.3 is 15.5 Å². The van der Waals surface area contributed by atoms with E-state index in [0.717, 1.165) is 41.9 Å². The van der Waals surface area contributed by atoms with Crippen molar-refractivity contribution in [2.75, 3.05) is 6.61 Å². The summed E-state index contributed by atoms with van der Waals surface area (Å²) in [6.07, 6.45) is 4.81. The molecule has 0 bridgehead atoms. The lowest BCUT2D eigenvalue weighted by Gasteiger charge is -2.21. The first-order valence-electron chi connectivity index (χ1n) is 6.64. The van der Waals surface area contributed by atoms with Gasteiger partial charge >= 0.3 is 0 Å². The molecule has 2 heterocycles. The Hall–Kier alpha value is -1.39. The quantitative estimate of drug-likeness (QED) is 0.870. The van der Waals surface area contributed by atoms with Gasteiger partial charge in [-0.1, -0.05) is 6.07 Å². The van der Waals surface area contributed by atoms with Gasteiger partial charge in [0.05, 0.1) is 17.1 Å². The van der Waals surface area contributed by atoms with E-state index in [2.05, 4.69) is 16.0 Å². The highest BCUT2D eigenvalue weighted by Gasteiger charge is 2.16. The third kappa shape index (κ3) is 2.40. The van der Waals surface area contributed by atoms with E-state index >= 15 is 0 Å². The Bertz CT molecular complexity index is 529. The number of nitrogens with two attached hydrogens (primary N) is 1. The first kappa shape index (κ1) is 11.7. The van der Waals surface area contributed by atoms with Crippen molar-refractivity contribution in [1.29, 1.82) is 0 Å². The monoisotopic (exact) mass is 245 g/mol. The molecule has 1 saturated heterocycles. The largest absolute Gasteiger partial charge is 0.378 e. The van der Waals surface area contributed by atoms with Crippen molar-refractivity contribution in [3.8, 4) is 0 Å². The topological polar surface area (TPSA) is 63.9 Å². The molecule has 2 aromatic rings. The number of hydrogen-bond donors (Lipinski definition) is 2. The molecule has 0 saturated carbocycles. The molecule has 1 unspecified atom stereocenters. The highest BCUT2D eigenvalue weighted by Crippen LogP contribution is 2.19. The minimum absolute atomic E-state index is 0.327. The van der Waals surface area contributed by atoms with Crippen LogP contribution in [0.3, 0.4) is 0 Å². The molecule has 4 nitrogen and oxygen atoms in total. The van der Waals surface area contributed by atoms with Gasteiger partial charge in [-0.3, -0.25) is 0 Å². The van der Waals surface area contributed by atoms with E-state index in [1.165, 1.54) is 12.8 Å². The lowest BCUT2D eigenvalue weighted by atomic mass is 10.1. The Kier molecular flexibility index (Phi) is 3.30. The zero-order valence-electron chi connectivity index (χ0n) is 10.5. The Balaban J connectivity index is 1.79. The molecule has 0 spiro atoms. The Labute approximate surface area is 107 Å². The Morgan fingerprint density at radius 2 is 2.33 bits per heavy atom. The van der Waals surface area contributed by atoms with Gasteiger partial charge in [0.25, 0.3) is 0 Å². The summed E-state index contributed by atoms with van der Waals surface area (Å²) < 4.78 is 5.74. The number of nitrogens with zero attached hydrogens (tertiary/aromatic N) is 1. The fourth-order valence-corrected chi connectivity index (χ4v) is 2.52. The molecular weight excluding hydrogens is 226 g/mol. The van der Waals surface area contributed by atoms with Crippen LogP contribution in [0.5, 0.6) is 0 Å². The van der Waals surface area contributed by atoms with Crippen LogP contribution in [0.2, 0.25) is 0 Å². The first-order valence-corrected chi connectivity index (χ1v) is 6.64. The van der Waals surface area contributed by atoms with E-state index in [-0.39, 0.29) is 0 Å². The summed E-state index contributed by atoms with van der Waals surface area (Å²) in [5.74, 6) is 1.02. The summed E-state index contributed by atoms with van der Waals surface area (Å²) in [5, 5.41) is 0. The van der Waals surface area contributed by atoms with Gasteiger partial charge in [-0.05, 0) is 37.0 Å². The second kappa shape index (κ2) is 5.08. The van der Waals surface area contributed by atoms with Crippen LogP contribution in [0.25, 0.3) is 11.0 Å². The molecule has 1 fully saturated rings. The molecule has 0 radical (unpaired) electrons. The van der Waals surface area contributed by atoms with Gasteiger partial charge in [0.2, 0.25) is 0 Å². The molecule has 18 heavy (non-hydrogen) atoms. The highest BCUT2D eigenvalue weighted by molar-refractivity contribution is 5.75. The lowest BCUT2D eigenvalue weighted by molar-refractivity contribution is 0.0158. The zero-order chi connectivity index (χ0) is 12.4. The summed E-state index contributed by atoms with van der Waals surface area (Å²) in [6, 6.07) is 6.14. The van der Waals surface area contributed by atoms with Gasteiger partial charge in [0, 0.05) is 19.6 Å². The minimum atomic E-state index is 0.327. The number of aromatic amines is 1. The molecule has 1 aromatic carbocycles. The number of hydrogen-bond acceptors (Lipinski definition) is 3. The molecule has 3 rings (SSSR count). The number of rotatable bonds is 3. The molecule has 1 atom stereocenters. The second-order valence-electron chi connectivity index (χ2n) is 4.93.